The van der Waals surface area contributed by atoms with Gasteiger partial charge in [0, 0.05) is 19.5 Å². The number of amides is 1. The molecule has 0 aliphatic heterocycles. The summed E-state index contributed by atoms with van der Waals surface area (Å²) in [7, 11) is -2.54. The maximum Gasteiger partial charge on any atom is 0.241 e. The van der Waals surface area contributed by atoms with Crippen molar-refractivity contribution in [2.75, 3.05) is 13.1 Å². The zero-order valence-corrected chi connectivity index (χ0v) is 10.1. The van der Waals surface area contributed by atoms with Crippen molar-refractivity contribution in [1.29, 1.82) is 0 Å². The fraction of sp³-hybridized carbons (Fsp3) is 0.889. The lowest BCUT2D eigenvalue weighted by Gasteiger charge is -2.19. The molecule has 0 bridgehead atoms. The lowest BCUT2D eigenvalue weighted by Crippen LogP contribution is -2.32. The molecule has 0 aromatic carbocycles. The van der Waals surface area contributed by atoms with Gasteiger partial charge in [0.15, 0.2) is 0 Å². The number of rotatable bonds is 5. The van der Waals surface area contributed by atoms with E-state index in [1.807, 2.05) is 13.8 Å². The van der Waals surface area contributed by atoms with E-state index in [4.69, 9.17) is 0 Å². The van der Waals surface area contributed by atoms with E-state index in [1.54, 1.807) is 18.0 Å². The Morgan fingerprint density at radius 3 is 2.08 bits per heavy atom. The summed E-state index contributed by atoms with van der Waals surface area (Å²) in [6.45, 7) is 8.62. The average molecular weight is 205 g/mol. The van der Waals surface area contributed by atoms with Crippen molar-refractivity contribution < 1.29 is 8.90 Å². The highest BCUT2D eigenvalue weighted by Gasteiger charge is 2.22. The molecular formula is C9H20FNOSi. The average Bonchev–Trinajstić information content (AvgIpc) is 2.02. The van der Waals surface area contributed by atoms with Crippen LogP contribution in [0.1, 0.15) is 20.3 Å². The highest BCUT2D eigenvalue weighted by Crippen LogP contribution is 2.13. The van der Waals surface area contributed by atoms with Gasteiger partial charge in [-0.3, -0.25) is 4.79 Å². The summed E-state index contributed by atoms with van der Waals surface area (Å²) < 4.78 is 13.2. The number of carbonyl (C=O) groups is 1. The first-order valence-corrected chi connectivity index (χ1v) is 7.96. The van der Waals surface area contributed by atoms with Crippen molar-refractivity contribution in [3.63, 3.8) is 0 Å². The fourth-order valence-electron chi connectivity index (χ4n) is 1.14. The van der Waals surface area contributed by atoms with Gasteiger partial charge in [0.2, 0.25) is 14.3 Å². The number of carbonyl (C=O) groups excluding carboxylic acids is 1. The maximum atomic E-state index is 13.2. The van der Waals surface area contributed by atoms with E-state index in [2.05, 4.69) is 0 Å². The topological polar surface area (TPSA) is 20.3 Å². The Kier molecular flexibility index (Phi) is 5.21. The van der Waals surface area contributed by atoms with Gasteiger partial charge in [-0.1, -0.05) is 0 Å². The second kappa shape index (κ2) is 5.37. The van der Waals surface area contributed by atoms with Crippen LogP contribution in [0.25, 0.3) is 0 Å². The third-order valence-corrected chi connectivity index (χ3v) is 3.49. The van der Waals surface area contributed by atoms with Gasteiger partial charge in [0.1, 0.15) is 0 Å². The van der Waals surface area contributed by atoms with Crippen LogP contribution < -0.4 is 0 Å². The molecule has 0 atom stereocenters. The Morgan fingerprint density at radius 1 is 1.31 bits per heavy atom. The molecule has 0 radical (unpaired) electrons. The third kappa shape index (κ3) is 5.79. The summed E-state index contributed by atoms with van der Waals surface area (Å²) in [5, 5.41) is 0. The van der Waals surface area contributed by atoms with E-state index >= 15 is 0 Å². The van der Waals surface area contributed by atoms with E-state index < -0.39 is 8.41 Å². The minimum atomic E-state index is -2.54. The summed E-state index contributed by atoms with van der Waals surface area (Å²) in [4.78, 5) is 13.2. The normalized spacial score (nSPS) is 11.5. The number of halogens is 1. The van der Waals surface area contributed by atoms with Crippen molar-refractivity contribution in [1.82, 2.24) is 4.90 Å². The molecule has 0 aliphatic carbocycles. The van der Waals surface area contributed by atoms with Crippen molar-refractivity contribution in [3.8, 4) is 0 Å². The van der Waals surface area contributed by atoms with Crippen LogP contribution in [0.2, 0.25) is 19.1 Å². The van der Waals surface area contributed by atoms with Gasteiger partial charge >= 0.3 is 0 Å². The molecule has 0 N–H and O–H groups in total. The summed E-state index contributed by atoms with van der Waals surface area (Å²) in [5.41, 5.74) is 0. The first kappa shape index (κ1) is 12.6. The van der Waals surface area contributed by atoms with Gasteiger partial charge in [-0.2, -0.15) is 0 Å². The minimum Gasteiger partial charge on any atom is -0.343 e. The standard InChI is InChI=1S/C9H20FNOSi/c1-5-11(6-2)9(12)7-8-13(3,4)10/h5-8H2,1-4H3. The molecule has 78 valence electrons. The van der Waals surface area contributed by atoms with Crippen LogP contribution in [-0.2, 0) is 4.79 Å². The second-order valence-electron chi connectivity index (χ2n) is 3.78. The summed E-state index contributed by atoms with van der Waals surface area (Å²) in [6, 6.07) is 0.447. The van der Waals surface area contributed by atoms with E-state index in [0.29, 0.717) is 12.5 Å². The molecule has 0 spiro atoms. The molecule has 0 aromatic heterocycles. The van der Waals surface area contributed by atoms with E-state index in [1.165, 1.54) is 0 Å². The van der Waals surface area contributed by atoms with Gasteiger partial charge in [-0.15, -0.1) is 0 Å². The van der Waals surface area contributed by atoms with Crippen LogP contribution in [0.5, 0.6) is 0 Å². The molecule has 0 unspecified atom stereocenters. The SMILES string of the molecule is CCN(CC)C(=O)CC[Si](C)(C)F. The molecule has 2 nitrogen and oxygen atoms in total. The van der Waals surface area contributed by atoms with Crippen LogP contribution >= 0.6 is 0 Å². The van der Waals surface area contributed by atoms with Crippen LogP contribution in [0.4, 0.5) is 4.11 Å². The van der Waals surface area contributed by atoms with Crippen LogP contribution in [0, 0.1) is 0 Å². The Bertz CT molecular complexity index is 163. The zero-order valence-electron chi connectivity index (χ0n) is 9.06. The Morgan fingerprint density at radius 2 is 1.77 bits per heavy atom. The molecule has 0 aliphatic rings. The Labute approximate surface area is 81.3 Å². The van der Waals surface area contributed by atoms with Gasteiger partial charge in [0.25, 0.3) is 0 Å². The van der Waals surface area contributed by atoms with Crippen molar-refractivity contribution in [2.24, 2.45) is 0 Å². The van der Waals surface area contributed by atoms with E-state index in [-0.39, 0.29) is 5.91 Å². The van der Waals surface area contributed by atoms with Gasteiger partial charge in [0.05, 0.1) is 0 Å². The quantitative estimate of drug-likeness (QED) is 0.498. The smallest absolute Gasteiger partial charge is 0.241 e. The van der Waals surface area contributed by atoms with Crippen LogP contribution in [-0.4, -0.2) is 32.3 Å². The first-order chi connectivity index (χ1) is 5.90. The molecule has 0 aromatic rings. The van der Waals surface area contributed by atoms with Crippen LogP contribution in [0.15, 0.2) is 0 Å². The molecule has 0 fully saturated rings. The lowest BCUT2D eigenvalue weighted by atomic mass is 10.4. The molecule has 13 heavy (non-hydrogen) atoms. The molecule has 1 amide bonds. The zero-order chi connectivity index (χ0) is 10.5. The Balaban J connectivity index is 3.86. The van der Waals surface area contributed by atoms with E-state index in [0.717, 1.165) is 13.1 Å². The first-order valence-electron chi connectivity index (χ1n) is 4.87. The highest BCUT2D eigenvalue weighted by molar-refractivity contribution is 6.70. The highest BCUT2D eigenvalue weighted by atomic mass is 28.4. The molecule has 0 saturated carbocycles. The molecular weight excluding hydrogens is 185 g/mol. The monoisotopic (exact) mass is 205 g/mol. The summed E-state index contributed by atoms with van der Waals surface area (Å²) in [6.07, 6.45) is 0.372. The summed E-state index contributed by atoms with van der Waals surface area (Å²) >= 11 is 0. The number of nitrogens with zero attached hydrogens (tertiary/aromatic N) is 1. The van der Waals surface area contributed by atoms with E-state index in [9.17, 15) is 8.90 Å². The predicted octanol–water partition coefficient (Wildman–Crippen LogP) is 2.42. The van der Waals surface area contributed by atoms with Crippen molar-refractivity contribution >= 4 is 14.3 Å². The van der Waals surface area contributed by atoms with Crippen molar-refractivity contribution in [2.45, 2.75) is 39.4 Å². The predicted molar refractivity (Wildman–Crippen MR) is 55.9 cm³/mol. The molecule has 4 heteroatoms. The largest absolute Gasteiger partial charge is 0.343 e. The van der Waals surface area contributed by atoms with Gasteiger partial charge in [-0.05, 0) is 33.0 Å². The second-order valence-corrected chi connectivity index (χ2v) is 7.72. The molecule has 0 rings (SSSR count). The van der Waals surface area contributed by atoms with Crippen LogP contribution in [0.3, 0.4) is 0 Å². The minimum absolute atomic E-state index is 0.0863. The number of hydrogen-bond donors (Lipinski definition) is 0. The fourth-order valence-corrected chi connectivity index (χ4v) is 1.95. The Hall–Kier alpha value is -0.383. The van der Waals surface area contributed by atoms with Gasteiger partial charge < -0.3 is 9.01 Å². The van der Waals surface area contributed by atoms with Crippen molar-refractivity contribution in [3.05, 3.63) is 0 Å². The van der Waals surface area contributed by atoms with Gasteiger partial charge in [-0.25, -0.2) is 0 Å². The third-order valence-electron chi connectivity index (χ3n) is 2.05. The maximum absolute atomic E-state index is 13.2. The molecule has 0 heterocycles. The lowest BCUT2D eigenvalue weighted by molar-refractivity contribution is -0.130. The number of hydrogen-bond acceptors (Lipinski definition) is 1. The molecule has 0 saturated heterocycles. The summed E-state index contributed by atoms with van der Waals surface area (Å²) in [5.74, 6) is 0.0863.